The van der Waals surface area contributed by atoms with E-state index in [0.29, 0.717) is 18.2 Å². The summed E-state index contributed by atoms with van der Waals surface area (Å²) in [6.45, 7) is 11.2. The highest BCUT2D eigenvalue weighted by Crippen LogP contribution is 2.26. The van der Waals surface area contributed by atoms with Crippen molar-refractivity contribution in [3.8, 4) is 0 Å². The van der Waals surface area contributed by atoms with E-state index in [4.69, 9.17) is 4.74 Å². The molecule has 2 heterocycles. The molecule has 94 valence electrons. The Morgan fingerprint density at radius 3 is 2.88 bits per heavy atom. The summed E-state index contributed by atoms with van der Waals surface area (Å²) in [6, 6.07) is 1.25. The van der Waals surface area contributed by atoms with Gasteiger partial charge in [-0.3, -0.25) is 4.90 Å². The summed E-state index contributed by atoms with van der Waals surface area (Å²) >= 11 is 0. The SMILES string of the molecule is CC1CCCN(C(C)C2CNCCO2)C1C. The average Bonchev–Trinajstić information content (AvgIpc) is 2.33. The third-order valence-corrected chi connectivity index (χ3v) is 4.44. The summed E-state index contributed by atoms with van der Waals surface area (Å²) < 4.78 is 5.87. The zero-order chi connectivity index (χ0) is 11.5. The van der Waals surface area contributed by atoms with Crippen LogP contribution in [0.2, 0.25) is 0 Å². The molecule has 0 saturated carbocycles. The van der Waals surface area contributed by atoms with E-state index in [2.05, 4.69) is 31.0 Å². The van der Waals surface area contributed by atoms with Crippen molar-refractivity contribution in [3.63, 3.8) is 0 Å². The van der Waals surface area contributed by atoms with Gasteiger partial charge in [-0.25, -0.2) is 0 Å². The average molecular weight is 226 g/mol. The number of nitrogens with one attached hydrogen (secondary N) is 1. The van der Waals surface area contributed by atoms with Gasteiger partial charge in [0.05, 0.1) is 12.7 Å². The second-order valence-corrected chi connectivity index (χ2v) is 5.45. The largest absolute Gasteiger partial charge is 0.374 e. The van der Waals surface area contributed by atoms with Crippen molar-refractivity contribution < 1.29 is 4.74 Å². The van der Waals surface area contributed by atoms with Crippen LogP contribution in [0.3, 0.4) is 0 Å². The Hall–Kier alpha value is -0.120. The van der Waals surface area contributed by atoms with E-state index in [1.165, 1.54) is 19.4 Å². The second-order valence-electron chi connectivity index (χ2n) is 5.45. The molecule has 2 fully saturated rings. The van der Waals surface area contributed by atoms with E-state index in [-0.39, 0.29) is 0 Å². The molecule has 2 aliphatic heterocycles. The normalized spacial score (nSPS) is 39.6. The molecule has 0 aromatic carbocycles. The number of hydrogen-bond donors (Lipinski definition) is 1. The lowest BCUT2D eigenvalue weighted by atomic mass is 9.90. The summed E-state index contributed by atoms with van der Waals surface area (Å²) in [5.74, 6) is 0.827. The number of nitrogens with zero attached hydrogens (tertiary/aromatic N) is 1. The molecule has 0 radical (unpaired) electrons. The molecule has 0 bridgehead atoms. The van der Waals surface area contributed by atoms with E-state index in [9.17, 15) is 0 Å². The fourth-order valence-corrected chi connectivity index (χ4v) is 3.05. The molecule has 2 aliphatic rings. The fourth-order valence-electron chi connectivity index (χ4n) is 3.05. The molecular weight excluding hydrogens is 200 g/mol. The summed E-state index contributed by atoms with van der Waals surface area (Å²) in [4.78, 5) is 2.64. The van der Waals surface area contributed by atoms with Crippen molar-refractivity contribution in [1.82, 2.24) is 10.2 Å². The Labute approximate surface area is 99.5 Å². The molecule has 2 saturated heterocycles. The first kappa shape index (κ1) is 12.3. The highest BCUT2D eigenvalue weighted by Gasteiger charge is 2.32. The third kappa shape index (κ3) is 2.58. The van der Waals surface area contributed by atoms with E-state index in [1.54, 1.807) is 0 Å². The summed E-state index contributed by atoms with van der Waals surface area (Å²) in [5, 5.41) is 3.43. The maximum atomic E-state index is 5.87. The molecule has 16 heavy (non-hydrogen) atoms. The quantitative estimate of drug-likeness (QED) is 0.772. The number of rotatable bonds is 2. The van der Waals surface area contributed by atoms with Crippen molar-refractivity contribution in [1.29, 1.82) is 0 Å². The number of ether oxygens (including phenoxy) is 1. The van der Waals surface area contributed by atoms with Gasteiger partial charge in [0, 0.05) is 25.2 Å². The molecule has 0 aromatic rings. The topological polar surface area (TPSA) is 24.5 Å². The van der Waals surface area contributed by atoms with Crippen LogP contribution in [0, 0.1) is 5.92 Å². The predicted molar refractivity (Wildman–Crippen MR) is 66.6 cm³/mol. The van der Waals surface area contributed by atoms with Gasteiger partial charge in [-0.05, 0) is 39.2 Å². The first-order valence-corrected chi connectivity index (χ1v) is 6.78. The van der Waals surface area contributed by atoms with Gasteiger partial charge < -0.3 is 10.1 Å². The molecule has 1 N–H and O–H groups in total. The van der Waals surface area contributed by atoms with Crippen molar-refractivity contribution >= 4 is 0 Å². The number of hydrogen-bond acceptors (Lipinski definition) is 3. The van der Waals surface area contributed by atoms with Crippen molar-refractivity contribution in [2.24, 2.45) is 5.92 Å². The maximum absolute atomic E-state index is 5.87. The molecule has 4 unspecified atom stereocenters. The van der Waals surface area contributed by atoms with E-state index < -0.39 is 0 Å². The van der Waals surface area contributed by atoms with Gasteiger partial charge in [0.25, 0.3) is 0 Å². The summed E-state index contributed by atoms with van der Waals surface area (Å²) in [5.41, 5.74) is 0. The van der Waals surface area contributed by atoms with Gasteiger partial charge in [0.1, 0.15) is 0 Å². The van der Waals surface area contributed by atoms with Crippen LogP contribution in [0.25, 0.3) is 0 Å². The number of piperidine rings is 1. The highest BCUT2D eigenvalue weighted by molar-refractivity contribution is 4.87. The molecule has 3 nitrogen and oxygen atoms in total. The minimum Gasteiger partial charge on any atom is -0.374 e. The fraction of sp³-hybridized carbons (Fsp3) is 1.00. The molecule has 0 aromatic heterocycles. The van der Waals surface area contributed by atoms with Crippen LogP contribution >= 0.6 is 0 Å². The first-order chi connectivity index (χ1) is 7.70. The zero-order valence-corrected chi connectivity index (χ0v) is 10.9. The van der Waals surface area contributed by atoms with Crippen LogP contribution in [0.15, 0.2) is 0 Å². The van der Waals surface area contributed by atoms with Gasteiger partial charge in [-0.2, -0.15) is 0 Å². The van der Waals surface area contributed by atoms with E-state index >= 15 is 0 Å². The third-order valence-electron chi connectivity index (χ3n) is 4.44. The molecule has 0 aliphatic carbocycles. The molecular formula is C13H26N2O. The molecule has 0 amide bonds. The van der Waals surface area contributed by atoms with Gasteiger partial charge in [-0.15, -0.1) is 0 Å². The van der Waals surface area contributed by atoms with Crippen LogP contribution in [0.5, 0.6) is 0 Å². The monoisotopic (exact) mass is 226 g/mol. The van der Waals surface area contributed by atoms with Crippen LogP contribution in [-0.4, -0.2) is 49.3 Å². The summed E-state index contributed by atoms with van der Waals surface area (Å²) in [7, 11) is 0. The predicted octanol–water partition coefficient (Wildman–Crippen LogP) is 1.48. The molecule has 4 atom stereocenters. The van der Waals surface area contributed by atoms with E-state index in [0.717, 1.165) is 25.6 Å². The number of morpholine rings is 1. The Morgan fingerprint density at radius 1 is 1.38 bits per heavy atom. The first-order valence-electron chi connectivity index (χ1n) is 6.78. The lowest BCUT2D eigenvalue weighted by Gasteiger charge is -2.45. The Morgan fingerprint density at radius 2 is 2.19 bits per heavy atom. The lowest BCUT2D eigenvalue weighted by molar-refractivity contribution is -0.0499. The van der Waals surface area contributed by atoms with Crippen molar-refractivity contribution in [2.45, 2.75) is 51.8 Å². The van der Waals surface area contributed by atoms with Gasteiger partial charge >= 0.3 is 0 Å². The Bertz CT molecular complexity index is 216. The van der Waals surface area contributed by atoms with Crippen LogP contribution in [-0.2, 0) is 4.74 Å². The smallest absolute Gasteiger partial charge is 0.0852 e. The van der Waals surface area contributed by atoms with E-state index in [1.807, 2.05) is 0 Å². The Kier molecular flexibility index (Phi) is 4.22. The minimum absolute atomic E-state index is 0.376. The number of likely N-dealkylation sites (tertiary alicyclic amines) is 1. The highest BCUT2D eigenvalue weighted by atomic mass is 16.5. The van der Waals surface area contributed by atoms with Crippen molar-refractivity contribution in [3.05, 3.63) is 0 Å². The molecule has 2 rings (SSSR count). The molecule has 3 heteroatoms. The van der Waals surface area contributed by atoms with Crippen LogP contribution < -0.4 is 5.32 Å². The van der Waals surface area contributed by atoms with Crippen molar-refractivity contribution in [2.75, 3.05) is 26.2 Å². The van der Waals surface area contributed by atoms with Gasteiger partial charge in [0.15, 0.2) is 0 Å². The van der Waals surface area contributed by atoms with Crippen LogP contribution in [0.1, 0.15) is 33.6 Å². The van der Waals surface area contributed by atoms with Gasteiger partial charge in [-0.1, -0.05) is 6.92 Å². The maximum Gasteiger partial charge on any atom is 0.0852 e. The summed E-state index contributed by atoms with van der Waals surface area (Å²) in [6.07, 6.45) is 3.10. The minimum atomic E-state index is 0.376. The van der Waals surface area contributed by atoms with Gasteiger partial charge in [0.2, 0.25) is 0 Å². The van der Waals surface area contributed by atoms with Crippen LogP contribution in [0.4, 0.5) is 0 Å². The standard InChI is InChI=1S/C13H26N2O/c1-10-5-4-7-15(11(10)2)12(3)13-9-14-6-8-16-13/h10-14H,4-9H2,1-3H3. The molecule has 0 spiro atoms. The second kappa shape index (κ2) is 5.48. The zero-order valence-electron chi connectivity index (χ0n) is 10.9. The lowest BCUT2D eigenvalue weighted by Crippen LogP contribution is -2.56. The Balaban J connectivity index is 1.93.